The highest BCUT2D eigenvalue weighted by atomic mass is 16.1. The third kappa shape index (κ3) is 2.94. The van der Waals surface area contributed by atoms with Crippen LogP contribution in [0.3, 0.4) is 0 Å². The fourth-order valence-corrected chi connectivity index (χ4v) is 2.73. The number of H-pyrrole nitrogens is 1. The Balaban J connectivity index is 1.54. The number of carbonyl (C=O) groups is 1. The zero-order chi connectivity index (χ0) is 17.4. The number of nitrogens with one attached hydrogen (secondary N) is 2. The van der Waals surface area contributed by atoms with Gasteiger partial charge in [-0.25, -0.2) is 15.0 Å². The summed E-state index contributed by atoms with van der Waals surface area (Å²) in [4.78, 5) is 29.1. The minimum absolute atomic E-state index is 0.164. The molecular weight excluding hydrogens is 314 g/mol. The van der Waals surface area contributed by atoms with Crippen LogP contribution in [0.2, 0.25) is 0 Å². The van der Waals surface area contributed by atoms with Crippen molar-refractivity contribution in [2.45, 2.75) is 20.4 Å². The standard InChI is InChI=1S/C19H17N5O/c1-11-12(2)22-17-9-13(7-8-16(17)21-11)19(25)20-10-18-23-14-5-3-4-6-15(14)24-18/h3-9H,10H2,1-2H3,(H,20,25)(H,23,24). The number of aromatic amines is 1. The summed E-state index contributed by atoms with van der Waals surface area (Å²) in [6.07, 6.45) is 0. The van der Waals surface area contributed by atoms with E-state index in [1.807, 2.05) is 44.2 Å². The predicted molar refractivity (Wildman–Crippen MR) is 96.3 cm³/mol. The number of aromatic nitrogens is 4. The summed E-state index contributed by atoms with van der Waals surface area (Å²) in [5.74, 6) is 0.559. The van der Waals surface area contributed by atoms with Gasteiger partial charge in [-0.3, -0.25) is 4.79 Å². The van der Waals surface area contributed by atoms with Crippen molar-refractivity contribution in [3.63, 3.8) is 0 Å². The van der Waals surface area contributed by atoms with Gasteiger partial charge in [-0.1, -0.05) is 12.1 Å². The molecule has 0 saturated carbocycles. The van der Waals surface area contributed by atoms with Crippen LogP contribution in [0.1, 0.15) is 27.6 Å². The number of carbonyl (C=O) groups excluding carboxylic acids is 1. The quantitative estimate of drug-likeness (QED) is 0.604. The minimum atomic E-state index is -0.164. The number of amides is 1. The molecule has 0 atom stereocenters. The van der Waals surface area contributed by atoms with Crippen LogP contribution in [-0.2, 0) is 6.54 Å². The van der Waals surface area contributed by atoms with Crippen molar-refractivity contribution in [1.82, 2.24) is 25.3 Å². The molecule has 0 aliphatic carbocycles. The Morgan fingerprint density at radius 3 is 2.52 bits per heavy atom. The van der Waals surface area contributed by atoms with Crippen molar-refractivity contribution in [1.29, 1.82) is 0 Å². The van der Waals surface area contributed by atoms with Crippen molar-refractivity contribution in [3.05, 3.63) is 65.2 Å². The molecule has 25 heavy (non-hydrogen) atoms. The smallest absolute Gasteiger partial charge is 0.251 e. The fourth-order valence-electron chi connectivity index (χ4n) is 2.73. The number of para-hydroxylation sites is 2. The van der Waals surface area contributed by atoms with E-state index in [2.05, 4.69) is 25.3 Å². The number of hydrogen-bond donors (Lipinski definition) is 2. The van der Waals surface area contributed by atoms with E-state index in [1.165, 1.54) is 0 Å². The molecule has 0 radical (unpaired) electrons. The van der Waals surface area contributed by atoms with E-state index in [-0.39, 0.29) is 5.91 Å². The van der Waals surface area contributed by atoms with Gasteiger partial charge in [0.15, 0.2) is 0 Å². The highest BCUT2D eigenvalue weighted by Crippen LogP contribution is 2.15. The number of aryl methyl sites for hydroxylation is 2. The summed E-state index contributed by atoms with van der Waals surface area (Å²) in [7, 11) is 0. The van der Waals surface area contributed by atoms with Gasteiger partial charge in [-0.05, 0) is 44.2 Å². The second-order valence-corrected chi connectivity index (χ2v) is 5.98. The SMILES string of the molecule is Cc1nc2ccc(C(=O)NCc3nc4ccccc4[nH]3)cc2nc1C. The van der Waals surface area contributed by atoms with Crippen molar-refractivity contribution in [3.8, 4) is 0 Å². The molecule has 4 rings (SSSR count). The first kappa shape index (κ1) is 15.3. The molecule has 124 valence electrons. The molecule has 0 aliphatic heterocycles. The molecule has 2 aromatic heterocycles. The van der Waals surface area contributed by atoms with Crippen LogP contribution in [0.5, 0.6) is 0 Å². The maximum absolute atomic E-state index is 12.4. The first-order chi connectivity index (χ1) is 12.1. The van der Waals surface area contributed by atoms with E-state index < -0.39 is 0 Å². The van der Waals surface area contributed by atoms with Crippen LogP contribution in [0.4, 0.5) is 0 Å². The predicted octanol–water partition coefficient (Wildman–Crippen LogP) is 3.05. The van der Waals surface area contributed by atoms with Crippen molar-refractivity contribution < 1.29 is 4.79 Å². The normalized spacial score (nSPS) is 11.1. The lowest BCUT2D eigenvalue weighted by Gasteiger charge is -2.06. The largest absolute Gasteiger partial charge is 0.345 e. The molecule has 2 N–H and O–H groups in total. The van der Waals surface area contributed by atoms with E-state index in [0.29, 0.717) is 12.1 Å². The lowest BCUT2D eigenvalue weighted by molar-refractivity contribution is 0.0950. The zero-order valence-corrected chi connectivity index (χ0v) is 14.0. The second kappa shape index (κ2) is 5.98. The summed E-state index contributed by atoms with van der Waals surface area (Å²) in [5.41, 5.74) is 5.68. The molecule has 4 aromatic rings. The fraction of sp³-hybridized carbons (Fsp3) is 0.158. The van der Waals surface area contributed by atoms with Crippen LogP contribution < -0.4 is 5.32 Å². The van der Waals surface area contributed by atoms with Gasteiger partial charge < -0.3 is 10.3 Å². The maximum Gasteiger partial charge on any atom is 0.251 e. The topological polar surface area (TPSA) is 83.6 Å². The Bertz CT molecular complexity index is 1070. The van der Waals surface area contributed by atoms with Crippen molar-refractivity contribution in [2.24, 2.45) is 0 Å². The molecule has 0 saturated heterocycles. The average Bonchev–Trinajstić information content (AvgIpc) is 3.03. The van der Waals surface area contributed by atoms with E-state index >= 15 is 0 Å². The van der Waals surface area contributed by atoms with E-state index in [9.17, 15) is 4.79 Å². The molecule has 2 heterocycles. The third-order valence-corrected chi connectivity index (χ3v) is 4.19. The van der Waals surface area contributed by atoms with E-state index in [0.717, 1.165) is 39.3 Å². The maximum atomic E-state index is 12.4. The van der Waals surface area contributed by atoms with Gasteiger partial charge in [-0.15, -0.1) is 0 Å². The monoisotopic (exact) mass is 331 g/mol. The summed E-state index contributed by atoms with van der Waals surface area (Å²) < 4.78 is 0. The Kier molecular flexibility index (Phi) is 3.65. The van der Waals surface area contributed by atoms with Gasteiger partial charge in [0.1, 0.15) is 5.82 Å². The van der Waals surface area contributed by atoms with Crippen molar-refractivity contribution in [2.75, 3.05) is 0 Å². The molecule has 2 aromatic carbocycles. The number of hydrogen-bond acceptors (Lipinski definition) is 4. The van der Waals surface area contributed by atoms with E-state index in [1.54, 1.807) is 12.1 Å². The van der Waals surface area contributed by atoms with E-state index in [4.69, 9.17) is 0 Å². The third-order valence-electron chi connectivity index (χ3n) is 4.19. The van der Waals surface area contributed by atoms with Gasteiger partial charge in [0.2, 0.25) is 0 Å². The van der Waals surface area contributed by atoms with Crippen LogP contribution in [0, 0.1) is 13.8 Å². The highest BCUT2D eigenvalue weighted by molar-refractivity contribution is 5.97. The van der Waals surface area contributed by atoms with Crippen LogP contribution in [-0.4, -0.2) is 25.8 Å². The highest BCUT2D eigenvalue weighted by Gasteiger charge is 2.10. The second-order valence-electron chi connectivity index (χ2n) is 5.98. The summed E-state index contributed by atoms with van der Waals surface area (Å²) >= 11 is 0. The Morgan fingerprint density at radius 2 is 1.72 bits per heavy atom. The van der Waals surface area contributed by atoms with Crippen molar-refractivity contribution >= 4 is 28.0 Å². The zero-order valence-electron chi connectivity index (χ0n) is 14.0. The van der Waals surface area contributed by atoms with Crippen LogP contribution >= 0.6 is 0 Å². The lowest BCUT2D eigenvalue weighted by Crippen LogP contribution is -2.23. The molecule has 0 unspecified atom stereocenters. The van der Waals surface area contributed by atoms with Gasteiger partial charge >= 0.3 is 0 Å². The Labute approximate surface area is 144 Å². The molecule has 6 heteroatoms. The number of nitrogens with zero attached hydrogens (tertiary/aromatic N) is 3. The number of benzene rings is 2. The molecular formula is C19H17N5O. The summed E-state index contributed by atoms with van der Waals surface area (Å²) in [5, 5.41) is 2.89. The average molecular weight is 331 g/mol. The lowest BCUT2D eigenvalue weighted by atomic mass is 10.1. The van der Waals surface area contributed by atoms with Gasteiger partial charge in [0, 0.05) is 5.56 Å². The first-order valence-corrected chi connectivity index (χ1v) is 8.07. The van der Waals surface area contributed by atoms with Gasteiger partial charge in [0.25, 0.3) is 5.91 Å². The Hall–Kier alpha value is -3.28. The number of rotatable bonds is 3. The molecule has 0 fully saturated rings. The van der Waals surface area contributed by atoms with Crippen LogP contribution in [0.15, 0.2) is 42.5 Å². The Morgan fingerprint density at radius 1 is 0.960 bits per heavy atom. The summed E-state index contributed by atoms with van der Waals surface area (Å²) in [6.45, 7) is 4.18. The van der Waals surface area contributed by atoms with Crippen LogP contribution in [0.25, 0.3) is 22.1 Å². The minimum Gasteiger partial charge on any atom is -0.345 e. The molecule has 0 bridgehead atoms. The van der Waals surface area contributed by atoms with Gasteiger partial charge in [-0.2, -0.15) is 0 Å². The number of imidazole rings is 1. The van der Waals surface area contributed by atoms with Gasteiger partial charge in [0.05, 0.1) is 40.0 Å². The molecule has 1 amide bonds. The number of fused-ring (bicyclic) bond motifs is 2. The molecule has 0 spiro atoms. The molecule has 0 aliphatic rings. The molecule has 6 nitrogen and oxygen atoms in total. The first-order valence-electron chi connectivity index (χ1n) is 8.07. The summed E-state index contributed by atoms with van der Waals surface area (Å²) in [6, 6.07) is 13.1.